The number of hydrogen-bond donors (Lipinski definition) is 2. The van der Waals surface area contributed by atoms with E-state index in [1.165, 1.54) is 6.07 Å². The van der Waals surface area contributed by atoms with Gasteiger partial charge in [-0.25, -0.2) is 4.39 Å². The van der Waals surface area contributed by atoms with Gasteiger partial charge in [0.2, 0.25) is 0 Å². The highest BCUT2D eigenvalue weighted by Crippen LogP contribution is 2.28. The van der Waals surface area contributed by atoms with Crippen molar-refractivity contribution < 1.29 is 9.50 Å². The minimum absolute atomic E-state index is 0.0149. The molecular weight excluding hydrogens is 219 g/mol. The van der Waals surface area contributed by atoms with Gasteiger partial charge >= 0.3 is 0 Å². The van der Waals surface area contributed by atoms with Crippen molar-refractivity contribution in [1.82, 2.24) is 10.2 Å². The summed E-state index contributed by atoms with van der Waals surface area (Å²) >= 11 is 0. The van der Waals surface area contributed by atoms with Gasteiger partial charge < -0.3 is 10.4 Å². The third-order valence-corrected chi connectivity index (χ3v) is 3.81. The van der Waals surface area contributed by atoms with E-state index in [4.69, 9.17) is 0 Å². The summed E-state index contributed by atoms with van der Waals surface area (Å²) in [5.74, 6) is 1.15. The van der Waals surface area contributed by atoms with E-state index in [-0.39, 0.29) is 11.6 Å². The summed E-state index contributed by atoms with van der Waals surface area (Å²) in [6.45, 7) is 5.10. The standard InChI is InChI=1S/C13H17FN2O/c14-12-1-9(2-13(17)3-12)6-16-7-10-4-15-5-11(10)8-16/h1-3,10-11,15,17H,4-8H2. The van der Waals surface area contributed by atoms with Gasteiger partial charge in [0.25, 0.3) is 0 Å². The molecule has 2 aliphatic rings. The van der Waals surface area contributed by atoms with E-state index >= 15 is 0 Å². The fraction of sp³-hybridized carbons (Fsp3) is 0.538. The Morgan fingerprint density at radius 2 is 1.94 bits per heavy atom. The molecule has 92 valence electrons. The van der Waals surface area contributed by atoms with Gasteiger partial charge in [-0.1, -0.05) is 0 Å². The van der Waals surface area contributed by atoms with Crippen molar-refractivity contribution >= 4 is 0 Å². The third kappa shape index (κ3) is 2.28. The first kappa shape index (κ1) is 11.0. The lowest BCUT2D eigenvalue weighted by Crippen LogP contribution is -2.25. The average Bonchev–Trinajstić information content (AvgIpc) is 2.75. The molecule has 2 aliphatic heterocycles. The normalized spacial score (nSPS) is 28.5. The number of likely N-dealkylation sites (tertiary alicyclic amines) is 1. The zero-order valence-corrected chi connectivity index (χ0v) is 9.69. The van der Waals surface area contributed by atoms with Crippen LogP contribution in [0.15, 0.2) is 18.2 Å². The molecule has 0 amide bonds. The first-order chi connectivity index (χ1) is 8.20. The van der Waals surface area contributed by atoms with Crippen molar-refractivity contribution in [3.8, 4) is 5.75 Å². The van der Waals surface area contributed by atoms with Crippen LogP contribution in [-0.4, -0.2) is 36.2 Å². The van der Waals surface area contributed by atoms with Gasteiger partial charge in [0.15, 0.2) is 0 Å². The van der Waals surface area contributed by atoms with E-state index in [9.17, 15) is 9.50 Å². The van der Waals surface area contributed by atoms with Crippen molar-refractivity contribution in [3.05, 3.63) is 29.6 Å². The highest BCUT2D eigenvalue weighted by Gasteiger charge is 2.35. The van der Waals surface area contributed by atoms with E-state index in [2.05, 4.69) is 10.2 Å². The maximum absolute atomic E-state index is 13.1. The van der Waals surface area contributed by atoms with Crippen molar-refractivity contribution in [2.45, 2.75) is 6.54 Å². The Kier molecular flexibility index (Phi) is 2.76. The summed E-state index contributed by atoms with van der Waals surface area (Å²) in [5, 5.41) is 12.8. The quantitative estimate of drug-likeness (QED) is 0.809. The second-order valence-corrected chi connectivity index (χ2v) is 5.19. The Bertz CT molecular complexity index is 392. The molecule has 2 fully saturated rings. The predicted molar refractivity (Wildman–Crippen MR) is 63.2 cm³/mol. The molecule has 0 spiro atoms. The van der Waals surface area contributed by atoms with Crippen molar-refractivity contribution in [3.63, 3.8) is 0 Å². The van der Waals surface area contributed by atoms with Gasteiger partial charge in [0.1, 0.15) is 11.6 Å². The molecule has 0 bridgehead atoms. The van der Waals surface area contributed by atoms with Crippen LogP contribution in [0.3, 0.4) is 0 Å². The topological polar surface area (TPSA) is 35.5 Å². The van der Waals surface area contributed by atoms with Gasteiger partial charge in [0.05, 0.1) is 0 Å². The number of phenolic OH excluding ortho intramolecular Hbond substituents is 1. The molecule has 3 rings (SSSR count). The first-order valence-corrected chi connectivity index (χ1v) is 6.12. The maximum Gasteiger partial charge on any atom is 0.127 e. The van der Waals surface area contributed by atoms with Gasteiger partial charge in [-0.3, -0.25) is 4.90 Å². The molecule has 17 heavy (non-hydrogen) atoms. The van der Waals surface area contributed by atoms with Gasteiger partial charge in [0, 0.05) is 25.7 Å². The molecule has 0 radical (unpaired) electrons. The molecule has 0 saturated carbocycles. The monoisotopic (exact) mass is 236 g/mol. The molecule has 3 nitrogen and oxygen atoms in total. The summed E-state index contributed by atoms with van der Waals surface area (Å²) in [6.07, 6.45) is 0. The van der Waals surface area contributed by atoms with Crippen LogP contribution in [0, 0.1) is 17.7 Å². The van der Waals surface area contributed by atoms with Crippen molar-refractivity contribution in [2.75, 3.05) is 26.2 Å². The Hall–Kier alpha value is -1.13. The second kappa shape index (κ2) is 4.27. The van der Waals surface area contributed by atoms with Crippen LogP contribution in [0.5, 0.6) is 5.75 Å². The number of halogens is 1. The van der Waals surface area contributed by atoms with Gasteiger partial charge in [-0.2, -0.15) is 0 Å². The summed E-state index contributed by atoms with van der Waals surface area (Å²) < 4.78 is 13.1. The minimum Gasteiger partial charge on any atom is -0.508 e. The maximum atomic E-state index is 13.1. The Morgan fingerprint density at radius 1 is 1.24 bits per heavy atom. The van der Waals surface area contributed by atoms with E-state index in [0.29, 0.717) is 0 Å². The summed E-state index contributed by atoms with van der Waals surface area (Å²) in [7, 11) is 0. The number of nitrogens with one attached hydrogen (secondary N) is 1. The fourth-order valence-electron chi connectivity index (χ4n) is 3.06. The average molecular weight is 236 g/mol. The van der Waals surface area contributed by atoms with E-state index in [1.807, 2.05) is 0 Å². The second-order valence-electron chi connectivity index (χ2n) is 5.19. The smallest absolute Gasteiger partial charge is 0.127 e. The number of nitrogens with zero attached hydrogens (tertiary/aromatic N) is 1. The highest BCUT2D eigenvalue weighted by atomic mass is 19.1. The lowest BCUT2D eigenvalue weighted by atomic mass is 10.0. The minimum atomic E-state index is -0.360. The molecule has 2 saturated heterocycles. The molecule has 0 aromatic heterocycles. The van der Waals surface area contributed by atoms with Crippen LogP contribution in [0.2, 0.25) is 0 Å². The van der Waals surface area contributed by atoms with Crippen LogP contribution < -0.4 is 5.32 Å². The van der Waals surface area contributed by atoms with E-state index < -0.39 is 0 Å². The molecule has 2 heterocycles. The summed E-state index contributed by atoms with van der Waals surface area (Å²) in [5.41, 5.74) is 0.857. The molecule has 1 aromatic rings. The number of aromatic hydroxyl groups is 1. The summed E-state index contributed by atoms with van der Waals surface area (Å²) in [4.78, 5) is 2.35. The van der Waals surface area contributed by atoms with E-state index in [1.54, 1.807) is 6.07 Å². The zero-order valence-electron chi connectivity index (χ0n) is 9.69. The number of benzene rings is 1. The predicted octanol–water partition coefficient (Wildman–Crippen LogP) is 1.18. The molecule has 2 atom stereocenters. The molecule has 1 aromatic carbocycles. The molecule has 2 N–H and O–H groups in total. The Morgan fingerprint density at radius 3 is 2.59 bits per heavy atom. The molecular formula is C13H17FN2O. The molecule has 0 aliphatic carbocycles. The molecule has 4 heteroatoms. The van der Waals surface area contributed by atoms with Crippen LogP contribution in [-0.2, 0) is 6.54 Å². The van der Waals surface area contributed by atoms with Crippen molar-refractivity contribution in [2.24, 2.45) is 11.8 Å². The van der Waals surface area contributed by atoms with Gasteiger partial charge in [-0.05, 0) is 42.6 Å². The van der Waals surface area contributed by atoms with Crippen LogP contribution in [0.25, 0.3) is 0 Å². The third-order valence-electron chi connectivity index (χ3n) is 3.81. The summed E-state index contributed by atoms with van der Waals surface area (Å²) in [6, 6.07) is 4.30. The number of phenols is 1. The van der Waals surface area contributed by atoms with Crippen molar-refractivity contribution in [1.29, 1.82) is 0 Å². The number of rotatable bonds is 2. The number of fused-ring (bicyclic) bond motifs is 1. The Balaban J connectivity index is 1.67. The zero-order chi connectivity index (χ0) is 11.8. The lowest BCUT2D eigenvalue weighted by Gasteiger charge is -2.17. The van der Waals surface area contributed by atoms with Gasteiger partial charge in [-0.15, -0.1) is 0 Å². The SMILES string of the molecule is Oc1cc(F)cc(CN2CC3CNCC3C2)c1. The van der Waals surface area contributed by atoms with Crippen LogP contribution in [0.1, 0.15) is 5.56 Å². The first-order valence-electron chi connectivity index (χ1n) is 6.12. The van der Waals surface area contributed by atoms with Crippen LogP contribution >= 0.6 is 0 Å². The lowest BCUT2D eigenvalue weighted by molar-refractivity contribution is 0.304. The Labute approximate surface area is 100 Å². The molecule has 2 unspecified atom stereocenters. The largest absolute Gasteiger partial charge is 0.508 e. The fourth-order valence-corrected chi connectivity index (χ4v) is 3.06. The van der Waals surface area contributed by atoms with E-state index in [0.717, 1.165) is 56.2 Å². The highest BCUT2D eigenvalue weighted by molar-refractivity contribution is 5.28. The number of hydrogen-bond acceptors (Lipinski definition) is 3. The van der Waals surface area contributed by atoms with Crippen LogP contribution in [0.4, 0.5) is 4.39 Å².